The van der Waals surface area contributed by atoms with Gasteiger partial charge in [0.25, 0.3) is 0 Å². The van der Waals surface area contributed by atoms with Crippen LogP contribution in [0.3, 0.4) is 0 Å². The van der Waals surface area contributed by atoms with Crippen molar-refractivity contribution in [1.29, 1.82) is 5.26 Å². The fraction of sp³-hybridized carbons (Fsp3) is 0.133. The molecule has 0 aliphatic rings. The molecule has 0 aromatic heterocycles. The van der Waals surface area contributed by atoms with Crippen LogP contribution in [0.1, 0.15) is 11.1 Å². The topological polar surface area (TPSA) is 35.8 Å². The summed E-state index contributed by atoms with van der Waals surface area (Å²) in [7, 11) is 0. The summed E-state index contributed by atoms with van der Waals surface area (Å²) in [6, 6.07) is 16.3. The zero-order valence-corrected chi connectivity index (χ0v) is 12.9. The number of thioether (sulfide) groups is 1. The van der Waals surface area contributed by atoms with Crippen LogP contribution in [-0.2, 0) is 6.54 Å². The molecule has 0 saturated heterocycles. The first-order valence-corrected chi connectivity index (χ1v) is 7.81. The third kappa shape index (κ3) is 3.76. The molecule has 19 heavy (non-hydrogen) atoms. The van der Waals surface area contributed by atoms with Gasteiger partial charge in [0.2, 0.25) is 0 Å². The van der Waals surface area contributed by atoms with Crippen molar-refractivity contribution >= 4 is 33.4 Å². The van der Waals surface area contributed by atoms with E-state index >= 15 is 0 Å². The lowest BCUT2D eigenvalue weighted by Gasteiger charge is -2.09. The zero-order chi connectivity index (χ0) is 13.7. The van der Waals surface area contributed by atoms with Gasteiger partial charge >= 0.3 is 0 Å². The first-order chi connectivity index (χ1) is 9.22. The second kappa shape index (κ2) is 6.65. The number of hydrogen-bond acceptors (Lipinski definition) is 3. The monoisotopic (exact) mass is 332 g/mol. The molecule has 0 fully saturated rings. The Kier molecular flexibility index (Phi) is 4.89. The molecule has 2 rings (SSSR count). The molecule has 0 atom stereocenters. The zero-order valence-electron chi connectivity index (χ0n) is 10.5. The summed E-state index contributed by atoms with van der Waals surface area (Å²) >= 11 is 5.10. The van der Waals surface area contributed by atoms with Crippen LogP contribution in [0, 0.1) is 11.3 Å². The van der Waals surface area contributed by atoms with E-state index in [1.54, 1.807) is 11.8 Å². The van der Waals surface area contributed by atoms with Crippen molar-refractivity contribution in [2.24, 2.45) is 0 Å². The van der Waals surface area contributed by atoms with Crippen LogP contribution < -0.4 is 5.32 Å². The molecule has 0 radical (unpaired) electrons. The van der Waals surface area contributed by atoms with E-state index < -0.39 is 0 Å². The predicted molar refractivity (Wildman–Crippen MR) is 84.4 cm³/mol. The molecular weight excluding hydrogens is 320 g/mol. The average Bonchev–Trinajstić information content (AvgIpc) is 2.46. The first-order valence-electron chi connectivity index (χ1n) is 5.79. The maximum Gasteiger partial charge on any atom is 0.101 e. The second-order valence-electron chi connectivity index (χ2n) is 4.00. The number of nitriles is 1. The largest absolute Gasteiger partial charge is 0.380 e. The van der Waals surface area contributed by atoms with Crippen molar-refractivity contribution in [3.05, 3.63) is 58.1 Å². The normalized spacial score (nSPS) is 9.95. The Hall–Kier alpha value is -1.44. The van der Waals surface area contributed by atoms with Gasteiger partial charge in [-0.05, 0) is 42.2 Å². The highest BCUT2D eigenvalue weighted by Crippen LogP contribution is 2.21. The maximum absolute atomic E-state index is 9.09. The minimum atomic E-state index is 0.648. The summed E-state index contributed by atoms with van der Waals surface area (Å²) in [5, 5.41) is 12.4. The summed E-state index contributed by atoms with van der Waals surface area (Å²) in [6.07, 6.45) is 2.06. The van der Waals surface area contributed by atoms with Gasteiger partial charge in [-0.3, -0.25) is 0 Å². The molecule has 1 N–H and O–H groups in total. The number of benzene rings is 2. The molecule has 96 valence electrons. The van der Waals surface area contributed by atoms with E-state index in [9.17, 15) is 0 Å². The smallest absolute Gasteiger partial charge is 0.101 e. The molecule has 0 spiro atoms. The SMILES string of the molecule is CSc1ccc(CNc2ccc(Br)cc2C#N)cc1. The van der Waals surface area contributed by atoms with E-state index in [2.05, 4.69) is 57.8 Å². The van der Waals surface area contributed by atoms with E-state index in [0.717, 1.165) is 10.2 Å². The summed E-state index contributed by atoms with van der Waals surface area (Å²) in [4.78, 5) is 1.25. The third-order valence-corrected chi connectivity index (χ3v) is 3.98. The van der Waals surface area contributed by atoms with E-state index in [-0.39, 0.29) is 0 Å². The lowest BCUT2D eigenvalue weighted by Crippen LogP contribution is -2.01. The van der Waals surface area contributed by atoms with Gasteiger partial charge in [-0.1, -0.05) is 28.1 Å². The molecule has 0 aliphatic heterocycles. The molecule has 0 amide bonds. The minimum Gasteiger partial charge on any atom is -0.380 e. The lowest BCUT2D eigenvalue weighted by atomic mass is 10.1. The predicted octanol–water partition coefficient (Wildman–Crippen LogP) is 4.65. The summed E-state index contributed by atoms with van der Waals surface area (Å²) < 4.78 is 0.916. The van der Waals surface area contributed by atoms with Gasteiger partial charge in [-0.25, -0.2) is 0 Å². The molecule has 0 aliphatic carbocycles. The number of rotatable bonds is 4. The van der Waals surface area contributed by atoms with Crippen LogP contribution in [0.5, 0.6) is 0 Å². The van der Waals surface area contributed by atoms with Crippen LogP contribution >= 0.6 is 27.7 Å². The summed E-state index contributed by atoms with van der Waals surface area (Å²) in [5.74, 6) is 0. The van der Waals surface area contributed by atoms with E-state index in [1.165, 1.54) is 10.5 Å². The molecule has 0 saturated carbocycles. The van der Waals surface area contributed by atoms with Gasteiger partial charge < -0.3 is 5.32 Å². The average molecular weight is 333 g/mol. The molecule has 0 bridgehead atoms. The van der Waals surface area contributed by atoms with Crippen LogP contribution in [0.15, 0.2) is 51.8 Å². The standard InChI is InChI=1S/C15H13BrN2S/c1-19-14-5-2-11(3-6-14)10-18-15-7-4-13(16)8-12(15)9-17/h2-8,18H,10H2,1H3. The number of hydrogen-bond donors (Lipinski definition) is 1. The van der Waals surface area contributed by atoms with Crippen molar-refractivity contribution in [3.63, 3.8) is 0 Å². The molecule has 2 aromatic carbocycles. The Morgan fingerprint density at radius 2 is 1.95 bits per heavy atom. The van der Waals surface area contributed by atoms with E-state index in [4.69, 9.17) is 5.26 Å². The highest BCUT2D eigenvalue weighted by atomic mass is 79.9. The third-order valence-electron chi connectivity index (χ3n) is 2.74. The van der Waals surface area contributed by atoms with E-state index in [1.807, 2.05) is 18.2 Å². The highest BCUT2D eigenvalue weighted by Gasteiger charge is 2.02. The van der Waals surface area contributed by atoms with Crippen LogP contribution in [-0.4, -0.2) is 6.26 Å². The minimum absolute atomic E-state index is 0.648. The van der Waals surface area contributed by atoms with Gasteiger partial charge in [0.1, 0.15) is 6.07 Å². The Morgan fingerprint density at radius 3 is 2.58 bits per heavy atom. The maximum atomic E-state index is 9.09. The number of nitrogens with zero attached hydrogens (tertiary/aromatic N) is 1. The fourth-order valence-electron chi connectivity index (χ4n) is 1.70. The number of anilines is 1. The van der Waals surface area contributed by atoms with Crippen molar-refractivity contribution in [2.45, 2.75) is 11.4 Å². The Morgan fingerprint density at radius 1 is 1.21 bits per heavy atom. The number of halogens is 1. The molecular formula is C15H13BrN2S. The van der Waals surface area contributed by atoms with Gasteiger partial charge in [-0.15, -0.1) is 11.8 Å². The highest BCUT2D eigenvalue weighted by molar-refractivity contribution is 9.10. The van der Waals surface area contributed by atoms with Crippen molar-refractivity contribution in [3.8, 4) is 6.07 Å². The molecule has 4 heteroatoms. The Bertz CT molecular complexity index is 603. The second-order valence-corrected chi connectivity index (χ2v) is 5.80. The van der Waals surface area contributed by atoms with Gasteiger partial charge in [0, 0.05) is 15.9 Å². The van der Waals surface area contributed by atoms with Gasteiger partial charge in [0.15, 0.2) is 0 Å². The first kappa shape index (κ1) is 14.0. The quantitative estimate of drug-likeness (QED) is 0.827. The fourth-order valence-corrected chi connectivity index (χ4v) is 2.47. The van der Waals surface area contributed by atoms with Crippen molar-refractivity contribution < 1.29 is 0 Å². The van der Waals surface area contributed by atoms with Crippen LogP contribution in [0.4, 0.5) is 5.69 Å². The molecule has 2 nitrogen and oxygen atoms in total. The van der Waals surface area contributed by atoms with Gasteiger partial charge in [0.05, 0.1) is 11.3 Å². The van der Waals surface area contributed by atoms with Crippen LogP contribution in [0.25, 0.3) is 0 Å². The Labute approximate surface area is 126 Å². The van der Waals surface area contributed by atoms with Crippen LogP contribution in [0.2, 0.25) is 0 Å². The Balaban J connectivity index is 2.08. The molecule has 0 unspecified atom stereocenters. The van der Waals surface area contributed by atoms with Crippen molar-refractivity contribution in [2.75, 3.05) is 11.6 Å². The van der Waals surface area contributed by atoms with Crippen molar-refractivity contribution in [1.82, 2.24) is 0 Å². The molecule has 2 aromatic rings. The summed E-state index contributed by atoms with van der Waals surface area (Å²) in [5.41, 5.74) is 2.71. The number of nitrogens with one attached hydrogen (secondary N) is 1. The summed E-state index contributed by atoms with van der Waals surface area (Å²) in [6.45, 7) is 0.713. The van der Waals surface area contributed by atoms with E-state index in [0.29, 0.717) is 12.1 Å². The molecule has 0 heterocycles. The van der Waals surface area contributed by atoms with Gasteiger partial charge in [-0.2, -0.15) is 5.26 Å². The lowest BCUT2D eigenvalue weighted by molar-refractivity contribution is 1.14.